The molecular formula is C19H19N7OS. The summed E-state index contributed by atoms with van der Waals surface area (Å²) in [5.41, 5.74) is 8.68. The van der Waals surface area contributed by atoms with Gasteiger partial charge in [-0.05, 0) is 24.3 Å². The number of hydrogen-bond acceptors (Lipinski definition) is 8. The van der Waals surface area contributed by atoms with Crippen LogP contribution in [0.2, 0.25) is 0 Å². The van der Waals surface area contributed by atoms with E-state index in [0.29, 0.717) is 23.3 Å². The zero-order valence-electron chi connectivity index (χ0n) is 15.5. The van der Waals surface area contributed by atoms with E-state index in [1.54, 1.807) is 18.9 Å². The third-order valence-corrected chi connectivity index (χ3v) is 5.15. The lowest BCUT2D eigenvalue weighted by Gasteiger charge is -2.10. The molecule has 0 saturated heterocycles. The number of thioether (sulfide) groups is 1. The summed E-state index contributed by atoms with van der Waals surface area (Å²) < 4.78 is 7.40. The molecule has 3 N–H and O–H groups in total. The number of fused-ring (bicyclic) bond motifs is 1. The van der Waals surface area contributed by atoms with Crippen LogP contribution in [0.5, 0.6) is 5.75 Å². The number of benzene rings is 2. The number of methoxy groups -OCH3 is 1. The number of aromatic nitrogens is 5. The number of nitrogens with two attached hydrogens (primary N) is 1. The van der Waals surface area contributed by atoms with E-state index in [0.717, 1.165) is 21.9 Å². The van der Waals surface area contributed by atoms with Crippen LogP contribution in [0.15, 0.2) is 53.7 Å². The van der Waals surface area contributed by atoms with Crippen molar-refractivity contribution in [3.05, 3.63) is 54.4 Å². The van der Waals surface area contributed by atoms with Crippen molar-refractivity contribution in [3.8, 4) is 5.75 Å². The standard InChI is InChI=1S/C19H19N7OS/c1-26-14-9-5-3-7-12(14)22-19(26)28-11-16-23-17(20)25-18(24-16)21-13-8-4-6-10-15(13)27-2/h3-10H,11H2,1-2H3,(H3,20,21,23,24,25). The third kappa shape index (κ3) is 3.70. The lowest BCUT2D eigenvalue weighted by atomic mass is 10.3. The molecule has 0 unspecified atom stereocenters. The maximum Gasteiger partial charge on any atom is 0.232 e. The van der Waals surface area contributed by atoms with Crippen LogP contribution < -0.4 is 15.8 Å². The molecule has 0 aliphatic heterocycles. The molecule has 2 aromatic heterocycles. The number of rotatable bonds is 6. The average Bonchev–Trinajstić information content (AvgIpc) is 3.02. The van der Waals surface area contributed by atoms with E-state index in [1.807, 2.05) is 55.6 Å². The normalized spacial score (nSPS) is 10.9. The molecule has 0 aliphatic rings. The number of anilines is 3. The van der Waals surface area contributed by atoms with Crippen LogP contribution in [0.25, 0.3) is 11.0 Å². The van der Waals surface area contributed by atoms with Gasteiger partial charge in [-0.2, -0.15) is 15.0 Å². The quantitative estimate of drug-likeness (QED) is 0.481. The lowest BCUT2D eigenvalue weighted by molar-refractivity contribution is 0.417. The van der Waals surface area contributed by atoms with Crippen LogP contribution in [-0.4, -0.2) is 31.6 Å². The van der Waals surface area contributed by atoms with Crippen molar-refractivity contribution in [1.82, 2.24) is 24.5 Å². The number of hydrogen-bond donors (Lipinski definition) is 2. The van der Waals surface area contributed by atoms with Gasteiger partial charge >= 0.3 is 0 Å². The van der Waals surface area contributed by atoms with Crippen LogP contribution in [0.1, 0.15) is 5.82 Å². The summed E-state index contributed by atoms with van der Waals surface area (Å²) in [5.74, 6) is 2.31. The molecule has 0 saturated carbocycles. The SMILES string of the molecule is COc1ccccc1Nc1nc(N)nc(CSc2nc3ccccc3n2C)n1. The number of nitrogens with zero attached hydrogens (tertiary/aromatic N) is 5. The van der Waals surface area contributed by atoms with Gasteiger partial charge in [0.1, 0.15) is 11.6 Å². The molecule has 9 heteroatoms. The fourth-order valence-corrected chi connectivity index (χ4v) is 3.65. The van der Waals surface area contributed by atoms with Gasteiger partial charge in [0.2, 0.25) is 11.9 Å². The van der Waals surface area contributed by atoms with Gasteiger partial charge in [0.25, 0.3) is 0 Å². The van der Waals surface area contributed by atoms with Crippen molar-refractivity contribution in [3.63, 3.8) is 0 Å². The minimum absolute atomic E-state index is 0.160. The molecule has 28 heavy (non-hydrogen) atoms. The summed E-state index contributed by atoms with van der Waals surface area (Å²) in [7, 11) is 3.61. The Morgan fingerprint density at radius 2 is 1.82 bits per heavy atom. The Balaban J connectivity index is 1.54. The van der Waals surface area contributed by atoms with E-state index in [9.17, 15) is 0 Å². The van der Waals surface area contributed by atoms with E-state index in [-0.39, 0.29) is 5.95 Å². The van der Waals surface area contributed by atoms with Crippen molar-refractivity contribution in [2.45, 2.75) is 10.9 Å². The Hall–Kier alpha value is -3.33. The van der Waals surface area contributed by atoms with Crippen LogP contribution in [0, 0.1) is 0 Å². The Bertz CT molecular complexity index is 1130. The second-order valence-corrected chi connectivity index (χ2v) is 6.93. The number of nitrogens with one attached hydrogen (secondary N) is 1. The highest BCUT2D eigenvalue weighted by atomic mass is 32.2. The van der Waals surface area contributed by atoms with Crippen LogP contribution in [0.3, 0.4) is 0 Å². The molecule has 2 aromatic carbocycles. The second-order valence-electron chi connectivity index (χ2n) is 5.99. The monoisotopic (exact) mass is 393 g/mol. The zero-order chi connectivity index (χ0) is 19.5. The van der Waals surface area contributed by atoms with Gasteiger partial charge in [-0.15, -0.1) is 0 Å². The first-order valence-corrected chi connectivity index (χ1v) is 9.57. The van der Waals surface area contributed by atoms with E-state index in [4.69, 9.17) is 10.5 Å². The van der Waals surface area contributed by atoms with Crippen molar-refractivity contribution < 1.29 is 4.74 Å². The fraction of sp³-hybridized carbons (Fsp3) is 0.158. The minimum atomic E-state index is 0.160. The molecule has 0 spiro atoms. The Kier molecular flexibility index (Phi) is 4.98. The van der Waals surface area contributed by atoms with E-state index in [1.165, 1.54) is 0 Å². The highest BCUT2D eigenvalue weighted by Crippen LogP contribution is 2.27. The van der Waals surface area contributed by atoms with Gasteiger partial charge < -0.3 is 20.4 Å². The zero-order valence-corrected chi connectivity index (χ0v) is 16.3. The van der Waals surface area contributed by atoms with Gasteiger partial charge in [0, 0.05) is 7.05 Å². The molecular weight excluding hydrogens is 374 g/mol. The summed E-state index contributed by atoms with van der Waals surface area (Å²) in [4.78, 5) is 17.5. The molecule has 0 fully saturated rings. The van der Waals surface area contributed by atoms with Crippen molar-refractivity contribution in [2.24, 2.45) is 7.05 Å². The minimum Gasteiger partial charge on any atom is -0.495 e. The Morgan fingerprint density at radius 1 is 1.04 bits per heavy atom. The summed E-state index contributed by atoms with van der Waals surface area (Å²) in [6, 6.07) is 15.6. The number of para-hydroxylation sites is 4. The Labute approximate surface area is 166 Å². The second kappa shape index (κ2) is 7.73. The van der Waals surface area contributed by atoms with Gasteiger partial charge in [0.05, 0.1) is 29.6 Å². The summed E-state index contributed by atoms with van der Waals surface area (Å²) in [6.45, 7) is 0. The van der Waals surface area contributed by atoms with Crippen molar-refractivity contribution in [2.75, 3.05) is 18.2 Å². The number of imidazole rings is 1. The predicted octanol–water partition coefficient (Wildman–Crippen LogP) is 3.39. The topological polar surface area (TPSA) is 104 Å². The third-order valence-electron chi connectivity index (χ3n) is 4.13. The maximum atomic E-state index is 5.88. The molecule has 8 nitrogen and oxygen atoms in total. The predicted molar refractivity (Wildman–Crippen MR) is 111 cm³/mol. The van der Waals surface area contributed by atoms with Crippen LogP contribution in [-0.2, 0) is 12.8 Å². The van der Waals surface area contributed by atoms with E-state index < -0.39 is 0 Å². The van der Waals surface area contributed by atoms with Crippen LogP contribution >= 0.6 is 11.8 Å². The highest BCUT2D eigenvalue weighted by Gasteiger charge is 2.11. The largest absolute Gasteiger partial charge is 0.495 e. The molecule has 2 heterocycles. The lowest BCUT2D eigenvalue weighted by Crippen LogP contribution is -2.07. The van der Waals surface area contributed by atoms with E-state index in [2.05, 4.69) is 29.8 Å². The molecule has 0 atom stereocenters. The molecule has 0 bridgehead atoms. The first-order valence-electron chi connectivity index (χ1n) is 8.59. The summed E-state index contributed by atoms with van der Waals surface area (Å²) in [6.07, 6.45) is 0. The molecule has 0 radical (unpaired) electrons. The fourth-order valence-electron chi connectivity index (χ4n) is 2.81. The molecule has 4 aromatic rings. The average molecular weight is 393 g/mol. The van der Waals surface area contributed by atoms with Crippen LogP contribution in [0.4, 0.5) is 17.6 Å². The molecule has 0 aliphatic carbocycles. The van der Waals surface area contributed by atoms with E-state index >= 15 is 0 Å². The smallest absolute Gasteiger partial charge is 0.232 e. The highest BCUT2D eigenvalue weighted by molar-refractivity contribution is 7.98. The Morgan fingerprint density at radius 3 is 2.64 bits per heavy atom. The molecule has 142 valence electrons. The maximum absolute atomic E-state index is 5.88. The van der Waals surface area contributed by atoms with Gasteiger partial charge in [0.15, 0.2) is 5.16 Å². The molecule has 4 rings (SSSR count). The van der Waals surface area contributed by atoms with Crippen molar-refractivity contribution in [1.29, 1.82) is 0 Å². The van der Waals surface area contributed by atoms with Crippen molar-refractivity contribution >= 4 is 40.4 Å². The first-order chi connectivity index (χ1) is 13.6. The molecule has 0 amide bonds. The van der Waals surface area contributed by atoms with Gasteiger partial charge in [-0.25, -0.2) is 4.98 Å². The number of aryl methyl sites for hydroxylation is 1. The van der Waals surface area contributed by atoms with Gasteiger partial charge in [-0.1, -0.05) is 36.0 Å². The number of nitrogen functional groups attached to an aromatic ring is 1. The first kappa shape index (κ1) is 18.1. The summed E-state index contributed by atoms with van der Waals surface area (Å²) >= 11 is 1.55. The summed E-state index contributed by atoms with van der Waals surface area (Å²) in [5, 5.41) is 4.03. The number of ether oxygens (including phenoxy) is 1. The van der Waals surface area contributed by atoms with Gasteiger partial charge in [-0.3, -0.25) is 0 Å².